The molecule has 0 aliphatic carbocycles. The zero-order valence-electron chi connectivity index (χ0n) is 11.8. The fraction of sp³-hybridized carbons (Fsp3) is 0.250. The van der Waals surface area contributed by atoms with E-state index < -0.39 is 12.1 Å². The number of halogens is 1. The number of hydrogen-bond donors (Lipinski definition) is 3. The first kappa shape index (κ1) is 16.4. The van der Waals surface area contributed by atoms with Crippen molar-refractivity contribution in [3.63, 3.8) is 0 Å². The first-order chi connectivity index (χ1) is 10.1. The molecule has 0 amide bonds. The highest BCUT2D eigenvalue weighted by molar-refractivity contribution is 5.85. The molecule has 0 saturated carbocycles. The van der Waals surface area contributed by atoms with Crippen LogP contribution in [0.5, 0.6) is 0 Å². The Morgan fingerprint density at radius 2 is 1.95 bits per heavy atom. The van der Waals surface area contributed by atoms with E-state index in [1.165, 1.54) is 6.07 Å². The Morgan fingerprint density at radius 3 is 2.64 bits per heavy atom. The van der Waals surface area contributed by atoms with Crippen LogP contribution in [0.3, 0.4) is 0 Å². The Kier molecular flexibility index (Phi) is 5.13. The second kappa shape index (κ2) is 6.87. The molecule has 22 heavy (non-hydrogen) atoms. The molecule has 0 spiro atoms. The summed E-state index contributed by atoms with van der Waals surface area (Å²) in [5.41, 5.74) is 2.61. The largest absolute Gasteiger partial charge is 0.477 e. The Morgan fingerprint density at radius 1 is 1.23 bits per heavy atom. The van der Waals surface area contributed by atoms with Crippen LogP contribution in [-0.4, -0.2) is 27.2 Å². The first-order valence-corrected chi connectivity index (χ1v) is 6.83. The molecule has 0 fully saturated rings. The number of rotatable bonds is 3. The maximum Gasteiger partial charge on any atom is 0.354 e. The van der Waals surface area contributed by atoms with Gasteiger partial charge in [0.15, 0.2) is 0 Å². The van der Waals surface area contributed by atoms with E-state index in [0.29, 0.717) is 13.0 Å². The molecule has 1 aliphatic heterocycles. The molecule has 6 heteroatoms. The highest BCUT2D eigenvalue weighted by Crippen LogP contribution is 2.24. The van der Waals surface area contributed by atoms with Crippen LogP contribution in [-0.2, 0) is 13.0 Å². The Bertz CT molecular complexity index is 664. The molecule has 2 aromatic rings. The average Bonchev–Trinajstić information content (AvgIpc) is 2.54. The van der Waals surface area contributed by atoms with Crippen molar-refractivity contribution in [2.45, 2.75) is 25.1 Å². The molecule has 2 heterocycles. The van der Waals surface area contributed by atoms with E-state index in [2.05, 4.69) is 10.3 Å². The summed E-state index contributed by atoms with van der Waals surface area (Å²) in [5, 5.41) is 22.7. The minimum Gasteiger partial charge on any atom is -0.477 e. The van der Waals surface area contributed by atoms with E-state index in [1.807, 2.05) is 30.3 Å². The van der Waals surface area contributed by atoms with Crippen molar-refractivity contribution in [2.24, 2.45) is 0 Å². The van der Waals surface area contributed by atoms with Gasteiger partial charge in [-0.25, -0.2) is 9.78 Å². The van der Waals surface area contributed by atoms with Gasteiger partial charge in [0.1, 0.15) is 5.69 Å². The van der Waals surface area contributed by atoms with Crippen LogP contribution in [0.4, 0.5) is 0 Å². The number of aromatic nitrogens is 1. The van der Waals surface area contributed by atoms with Gasteiger partial charge in [-0.2, -0.15) is 0 Å². The first-order valence-electron chi connectivity index (χ1n) is 6.83. The van der Waals surface area contributed by atoms with Gasteiger partial charge < -0.3 is 15.5 Å². The molecule has 2 atom stereocenters. The fourth-order valence-electron chi connectivity index (χ4n) is 2.61. The van der Waals surface area contributed by atoms with Gasteiger partial charge in [0.2, 0.25) is 0 Å². The Hall–Kier alpha value is -1.95. The molecule has 3 rings (SSSR count). The van der Waals surface area contributed by atoms with Crippen LogP contribution in [0, 0.1) is 0 Å². The summed E-state index contributed by atoms with van der Waals surface area (Å²) in [6.45, 7) is 0.580. The van der Waals surface area contributed by atoms with Gasteiger partial charge in [0.05, 0.1) is 6.10 Å². The molecule has 2 unspecified atom stereocenters. The lowest BCUT2D eigenvalue weighted by atomic mass is 9.93. The van der Waals surface area contributed by atoms with Gasteiger partial charge in [-0.1, -0.05) is 36.4 Å². The van der Waals surface area contributed by atoms with E-state index in [-0.39, 0.29) is 24.1 Å². The van der Waals surface area contributed by atoms with Gasteiger partial charge in [-0.3, -0.25) is 0 Å². The van der Waals surface area contributed by atoms with Crippen LogP contribution in [0.2, 0.25) is 0 Å². The van der Waals surface area contributed by atoms with Crippen LogP contribution in [0.1, 0.15) is 33.4 Å². The van der Waals surface area contributed by atoms with Gasteiger partial charge >= 0.3 is 5.97 Å². The fourth-order valence-corrected chi connectivity index (χ4v) is 2.61. The average molecular weight is 321 g/mol. The number of carbonyl (C=O) groups is 1. The van der Waals surface area contributed by atoms with Crippen molar-refractivity contribution in [1.29, 1.82) is 0 Å². The smallest absolute Gasteiger partial charge is 0.354 e. The van der Waals surface area contributed by atoms with Crippen LogP contribution in [0.15, 0.2) is 42.5 Å². The van der Waals surface area contributed by atoms with Crippen molar-refractivity contribution in [3.05, 3.63) is 65.0 Å². The third-order valence-corrected chi connectivity index (χ3v) is 3.78. The van der Waals surface area contributed by atoms with E-state index >= 15 is 0 Å². The molecular formula is C16H17ClN2O3. The van der Waals surface area contributed by atoms with Crippen molar-refractivity contribution >= 4 is 18.4 Å². The predicted octanol–water partition coefficient (Wildman–Crippen LogP) is 1.95. The molecule has 0 bridgehead atoms. The van der Waals surface area contributed by atoms with Crippen molar-refractivity contribution in [2.75, 3.05) is 0 Å². The maximum absolute atomic E-state index is 11.0. The minimum absolute atomic E-state index is 0. The van der Waals surface area contributed by atoms with Gasteiger partial charge in [0, 0.05) is 24.7 Å². The summed E-state index contributed by atoms with van der Waals surface area (Å²) in [4.78, 5) is 15.2. The number of aliphatic hydroxyl groups is 1. The number of nitrogens with one attached hydrogen (secondary N) is 1. The van der Waals surface area contributed by atoms with E-state index in [0.717, 1.165) is 16.8 Å². The summed E-state index contributed by atoms with van der Waals surface area (Å²) >= 11 is 0. The Labute approximate surface area is 134 Å². The number of benzene rings is 1. The topological polar surface area (TPSA) is 82.5 Å². The number of carboxylic acid groups (broad SMARTS) is 1. The predicted molar refractivity (Wildman–Crippen MR) is 84.2 cm³/mol. The normalized spacial score (nSPS) is 18.0. The molecule has 1 aromatic heterocycles. The number of hydrogen-bond acceptors (Lipinski definition) is 4. The summed E-state index contributed by atoms with van der Waals surface area (Å²) in [6, 6.07) is 12.6. The third-order valence-electron chi connectivity index (χ3n) is 3.78. The molecule has 5 nitrogen and oxygen atoms in total. The van der Waals surface area contributed by atoms with Crippen LogP contribution < -0.4 is 5.32 Å². The number of aromatic carboxylic acids is 1. The number of carboxylic acids is 1. The lowest BCUT2D eigenvalue weighted by Crippen LogP contribution is -2.40. The number of fused-ring (bicyclic) bond motifs is 1. The second-order valence-electron chi connectivity index (χ2n) is 5.15. The maximum atomic E-state index is 11.0. The standard InChI is InChI=1S/C16H16N2O3.ClH/c19-15(10-4-2-1-3-5-10)14-8-13-11(9-17-14)6-7-12(18-13)16(20)21;/h1-7,14-15,17,19H,8-9H2,(H,20,21);1H. The molecule has 0 radical (unpaired) electrons. The summed E-state index contributed by atoms with van der Waals surface area (Å²) in [5.74, 6) is -1.03. The van der Waals surface area contributed by atoms with Crippen LogP contribution in [0.25, 0.3) is 0 Å². The summed E-state index contributed by atoms with van der Waals surface area (Å²) < 4.78 is 0. The molecule has 1 aromatic carbocycles. The van der Waals surface area contributed by atoms with Gasteiger partial charge in [0.25, 0.3) is 0 Å². The zero-order valence-corrected chi connectivity index (χ0v) is 12.6. The van der Waals surface area contributed by atoms with Crippen molar-refractivity contribution in [3.8, 4) is 0 Å². The molecular weight excluding hydrogens is 304 g/mol. The highest BCUT2D eigenvalue weighted by atomic mass is 35.5. The van der Waals surface area contributed by atoms with Crippen molar-refractivity contribution in [1.82, 2.24) is 10.3 Å². The molecule has 3 N–H and O–H groups in total. The lowest BCUT2D eigenvalue weighted by Gasteiger charge is -2.29. The van der Waals surface area contributed by atoms with E-state index in [1.54, 1.807) is 6.07 Å². The number of aliphatic hydroxyl groups excluding tert-OH is 1. The molecule has 1 aliphatic rings. The summed E-state index contributed by atoms with van der Waals surface area (Å²) in [6.07, 6.45) is -0.137. The van der Waals surface area contributed by atoms with E-state index in [4.69, 9.17) is 5.11 Å². The number of pyridine rings is 1. The summed E-state index contributed by atoms with van der Waals surface area (Å²) in [7, 11) is 0. The SMILES string of the molecule is Cl.O=C(O)c1ccc2c(n1)CC(C(O)c1ccccc1)NC2. The highest BCUT2D eigenvalue weighted by Gasteiger charge is 2.26. The van der Waals surface area contributed by atoms with Crippen LogP contribution >= 0.6 is 12.4 Å². The zero-order chi connectivity index (χ0) is 14.8. The minimum atomic E-state index is -1.03. The van der Waals surface area contributed by atoms with E-state index in [9.17, 15) is 9.90 Å². The van der Waals surface area contributed by atoms with Gasteiger partial charge in [-0.05, 0) is 17.2 Å². The quantitative estimate of drug-likeness (QED) is 0.805. The lowest BCUT2D eigenvalue weighted by molar-refractivity contribution is 0.0689. The molecule has 0 saturated heterocycles. The van der Waals surface area contributed by atoms with Gasteiger partial charge in [-0.15, -0.1) is 12.4 Å². The monoisotopic (exact) mass is 320 g/mol. The number of nitrogens with zero attached hydrogens (tertiary/aromatic N) is 1. The third kappa shape index (κ3) is 3.27. The van der Waals surface area contributed by atoms with Crippen molar-refractivity contribution < 1.29 is 15.0 Å². The Balaban J connectivity index is 0.00000176. The second-order valence-corrected chi connectivity index (χ2v) is 5.15. The molecule has 116 valence electrons.